The number of nitrogens with zero attached hydrogens (tertiary/aromatic N) is 2. The topological polar surface area (TPSA) is 37.8 Å². The fourth-order valence-electron chi connectivity index (χ4n) is 1.22. The predicted octanol–water partition coefficient (Wildman–Crippen LogP) is 2.56. The van der Waals surface area contributed by atoms with Gasteiger partial charge in [-0.15, -0.1) is 10.2 Å². The van der Waals surface area contributed by atoms with Gasteiger partial charge < -0.3 is 5.32 Å². The average molecular weight is 205 g/mol. The Kier molecular flexibility index (Phi) is 2.45. The van der Waals surface area contributed by atoms with Gasteiger partial charge >= 0.3 is 0 Å². The molecule has 72 valence electrons. The third kappa shape index (κ3) is 1.75. The van der Waals surface area contributed by atoms with Crippen LogP contribution in [0.15, 0.2) is 24.3 Å². The maximum Gasteiger partial charge on any atom is 0.205 e. The van der Waals surface area contributed by atoms with Crippen molar-refractivity contribution in [1.82, 2.24) is 10.2 Å². The molecule has 3 nitrogen and oxygen atoms in total. The van der Waals surface area contributed by atoms with Crippen LogP contribution >= 0.6 is 11.3 Å². The van der Waals surface area contributed by atoms with Crippen LogP contribution in [0, 0.1) is 6.92 Å². The maximum atomic E-state index is 4.10. The maximum absolute atomic E-state index is 4.10. The van der Waals surface area contributed by atoms with Crippen LogP contribution in [-0.2, 0) is 0 Å². The van der Waals surface area contributed by atoms with E-state index in [9.17, 15) is 0 Å². The molecular formula is C10H11N3S. The molecule has 0 amide bonds. The fourth-order valence-corrected chi connectivity index (χ4v) is 1.91. The zero-order valence-corrected chi connectivity index (χ0v) is 8.93. The highest BCUT2D eigenvalue weighted by Crippen LogP contribution is 2.26. The van der Waals surface area contributed by atoms with Gasteiger partial charge in [-0.2, -0.15) is 0 Å². The molecule has 0 radical (unpaired) electrons. The molecule has 0 unspecified atom stereocenters. The summed E-state index contributed by atoms with van der Waals surface area (Å²) in [6.45, 7) is 2.07. The number of benzene rings is 1. The van der Waals surface area contributed by atoms with Crippen LogP contribution in [0.3, 0.4) is 0 Å². The lowest BCUT2D eigenvalue weighted by Crippen LogP contribution is -1.84. The number of nitrogens with one attached hydrogen (secondary N) is 1. The van der Waals surface area contributed by atoms with E-state index in [4.69, 9.17) is 0 Å². The standard InChI is InChI=1S/C10H11N3S/c1-7-4-3-5-8(6-7)9-12-13-10(11-2)14-9/h3-6H,1-2H3,(H,11,13). The van der Waals surface area contributed by atoms with Crippen molar-refractivity contribution >= 4 is 16.5 Å². The third-order valence-electron chi connectivity index (χ3n) is 1.90. The van der Waals surface area contributed by atoms with Gasteiger partial charge in [-0.25, -0.2) is 0 Å². The highest BCUT2D eigenvalue weighted by Gasteiger charge is 2.04. The Hall–Kier alpha value is -1.42. The molecule has 0 saturated carbocycles. The number of hydrogen-bond acceptors (Lipinski definition) is 4. The summed E-state index contributed by atoms with van der Waals surface area (Å²) in [5, 5.41) is 12.9. The summed E-state index contributed by atoms with van der Waals surface area (Å²) in [6, 6.07) is 8.27. The smallest absolute Gasteiger partial charge is 0.205 e. The van der Waals surface area contributed by atoms with Gasteiger partial charge in [0.15, 0.2) is 0 Å². The van der Waals surface area contributed by atoms with Gasteiger partial charge in [0, 0.05) is 12.6 Å². The van der Waals surface area contributed by atoms with Crippen molar-refractivity contribution in [2.75, 3.05) is 12.4 Å². The lowest BCUT2D eigenvalue weighted by Gasteiger charge is -1.95. The second-order valence-corrected chi connectivity index (χ2v) is 4.01. The van der Waals surface area contributed by atoms with Crippen molar-refractivity contribution in [2.45, 2.75) is 6.92 Å². The molecule has 0 aliphatic carbocycles. The summed E-state index contributed by atoms with van der Waals surface area (Å²) in [7, 11) is 1.85. The molecule has 1 aromatic carbocycles. The predicted molar refractivity (Wildman–Crippen MR) is 59.6 cm³/mol. The Balaban J connectivity index is 2.39. The van der Waals surface area contributed by atoms with Crippen molar-refractivity contribution in [3.05, 3.63) is 29.8 Å². The first-order valence-electron chi connectivity index (χ1n) is 4.38. The van der Waals surface area contributed by atoms with E-state index in [-0.39, 0.29) is 0 Å². The van der Waals surface area contributed by atoms with Crippen LogP contribution in [0.5, 0.6) is 0 Å². The average Bonchev–Trinajstić information content (AvgIpc) is 2.66. The first-order valence-corrected chi connectivity index (χ1v) is 5.19. The van der Waals surface area contributed by atoms with E-state index < -0.39 is 0 Å². The van der Waals surface area contributed by atoms with Crippen molar-refractivity contribution in [3.8, 4) is 10.6 Å². The van der Waals surface area contributed by atoms with Crippen LogP contribution in [0.1, 0.15) is 5.56 Å². The molecule has 14 heavy (non-hydrogen) atoms. The van der Waals surface area contributed by atoms with Gasteiger partial charge in [-0.1, -0.05) is 35.1 Å². The zero-order chi connectivity index (χ0) is 9.97. The summed E-state index contributed by atoms with van der Waals surface area (Å²) in [6.07, 6.45) is 0. The molecule has 0 spiro atoms. The molecule has 0 aliphatic rings. The molecule has 0 aliphatic heterocycles. The quantitative estimate of drug-likeness (QED) is 0.818. The molecule has 2 rings (SSSR count). The van der Waals surface area contributed by atoms with Gasteiger partial charge in [-0.05, 0) is 13.0 Å². The van der Waals surface area contributed by atoms with Crippen molar-refractivity contribution in [1.29, 1.82) is 0 Å². The summed E-state index contributed by atoms with van der Waals surface area (Å²) < 4.78 is 0. The van der Waals surface area contributed by atoms with Crippen molar-refractivity contribution in [2.24, 2.45) is 0 Å². The summed E-state index contributed by atoms with van der Waals surface area (Å²) in [5.74, 6) is 0. The minimum absolute atomic E-state index is 0.849. The number of rotatable bonds is 2. The van der Waals surface area contributed by atoms with Crippen LogP contribution in [-0.4, -0.2) is 17.2 Å². The summed E-state index contributed by atoms with van der Waals surface area (Å²) >= 11 is 1.56. The zero-order valence-electron chi connectivity index (χ0n) is 8.11. The van der Waals surface area contributed by atoms with E-state index in [0.29, 0.717) is 0 Å². The second kappa shape index (κ2) is 3.75. The Bertz CT molecular complexity index is 436. The molecule has 4 heteroatoms. The Labute approximate surface area is 86.8 Å². The molecule has 0 fully saturated rings. The molecule has 1 N–H and O–H groups in total. The lowest BCUT2D eigenvalue weighted by molar-refractivity contribution is 1.09. The molecule has 2 aromatic rings. The van der Waals surface area contributed by atoms with Crippen molar-refractivity contribution < 1.29 is 0 Å². The van der Waals surface area contributed by atoms with E-state index in [2.05, 4.69) is 34.6 Å². The molecular weight excluding hydrogens is 194 g/mol. The van der Waals surface area contributed by atoms with E-state index in [0.717, 1.165) is 15.7 Å². The Morgan fingerprint density at radius 3 is 2.79 bits per heavy atom. The molecule has 1 aromatic heterocycles. The monoisotopic (exact) mass is 205 g/mol. The highest BCUT2D eigenvalue weighted by atomic mass is 32.1. The number of aromatic nitrogens is 2. The first-order chi connectivity index (χ1) is 6.79. The van der Waals surface area contributed by atoms with Gasteiger partial charge in [0.1, 0.15) is 5.01 Å². The number of hydrogen-bond donors (Lipinski definition) is 1. The SMILES string of the molecule is CNc1nnc(-c2cccc(C)c2)s1. The molecule has 1 heterocycles. The molecule has 0 saturated heterocycles. The van der Waals surface area contributed by atoms with Crippen LogP contribution < -0.4 is 5.32 Å². The van der Waals surface area contributed by atoms with Gasteiger partial charge in [0.25, 0.3) is 0 Å². The highest BCUT2D eigenvalue weighted by molar-refractivity contribution is 7.18. The summed E-state index contributed by atoms with van der Waals surface area (Å²) in [5.41, 5.74) is 2.37. The van der Waals surface area contributed by atoms with E-state index in [1.807, 2.05) is 19.2 Å². The van der Waals surface area contributed by atoms with Crippen LogP contribution in [0.4, 0.5) is 5.13 Å². The van der Waals surface area contributed by atoms with E-state index >= 15 is 0 Å². The van der Waals surface area contributed by atoms with Crippen LogP contribution in [0.25, 0.3) is 10.6 Å². The minimum atomic E-state index is 0.849. The van der Waals surface area contributed by atoms with E-state index in [1.54, 1.807) is 11.3 Å². The Morgan fingerprint density at radius 2 is 2.14 bits per heavy atom. The fraction of sp³-hybridized carbons (Fsp3) is 0.200. The Morgan fingerprint density at radius 1 is 1.29 bits per heavy atom. The minimum Gasteiger partial charge on any atom is -0.363 e. The van der Waals surface area contributed by atoms with E-state index in [1.165, 1.54) is 5.56 Å². The molecule has 0 bridgehead atoms. The lowest BCUT2D eigenvalue weighted by atomic mass is 10.1. The molecule has 0 atom stereocenters. The van der Waals surface area contributed by atoms with Gasteiger partial charge in [-0.3, -0.25) is 0 Å². The van der Waals surface area contributed by atoms with Crippen LogP contribution in [0.2, 0.25) is 0 Å². The van der Waals surface area contributed by atoms with Gasteiger partial charge in [0.2, 0.25) is 5.13 Å². The summed E-state index contributed by atoms with van der Waals surface area (Å²) in [4.78, 5) is 0. The number of anilines is 1. The van der Waals surface area contributed by atoms with Crippen molar-refractivity contribution in [3.63, 3.8) is 0 Å². The van der Waals surface area contributed by atoms with Gasteiger partial charge in [0.05, 0.1) is 0 Å². The second-order valence-electron chi connectivity index (χ2n) is 3.03. The first kappa shape index (κ1) is 9.15. The number of aryl methyl sites for hydroxylation is 1. The largest absolute Gasteiger partial charge is 0.363 e. The normalized spacial score (nSPS) is 10.1. The third-order valence-corrected chi connectivity index (χ3v) is 2.89.